The molecule has 11 heteroatoms. The van der Waals surface area contributed by atoms with E-state index in [1.54, 1.807) is 6.92 Å². The largest absolute Gasteiger partial charge is 0.491 e. The second-order valence-electron chi connectivity index (χ2n) is 4.62. The Kier molecular flexibility index (Phi) is 9.87. The Morgan fingerprint density at radius 3 is 2.42 bits per heavy atom. The topological polar surface area (TPSA) is 106 Å². The van der Waals surface area contributed by atoms with Crippen molar-refractivity contribution in [2.45, 2.75) is 13.5 Å². The molecule has 0 aromatic heterocycles. The first-order valence-corrected chi connectivity index (χ1v) is 7.60. The summed E-state index contributed by atoms with van der Waals surface area (Å²) >= 11 is 0. The number of hydrogen-bond acceptors (Lipinski definition) is 8. The van der Waals surface area contributed by atoms with Gasteiger partial charge in [-0.1, -0.05) is 0 Å². The van der Waals surface area contributed by atoms with Crippen LogP contribution in [0, 0.1) is 10.1 Å². The molecule has 146 valence electrons. The smallest absolute Gasteiger partial charge is 0.387 e. The number of rotatable bonds is 13. The van der Waals surface area contributed by atoms with Crippen LogP contribution in [0.25, 0.3) is 0 Å². The molecule has 0 N–H and O–H groups in total. The van der Waals surface area contributed by atoms with E-state index in [0.29, 0.717) is 0 Å². The monoisotopic (exact) mass is 379 g/mol. The molecule has 0 radical (unpaired) electrons. The van der Waals surface area contributed by atoms with E-state index in [4.69, 9.17) is 14.2 Å². The summed E-state index contributed by atoms with van der Waals surface area (Å²) in [5, 5.41) is 10.8. The lowest BCUT2D eigenvalue weighted by molar-refractivity contribution is -0.385. The zero-order valence-corrected chi connectivity index (χ0v) is 14.0. The summed E-state index contributed by atoms with van der Waals surface area (Å²) in [5.74, 6) is -0.849. The number of halogens is 2. The number of carbonyl (C=O) groups excluding carboxylic acids is 1. The number of ether oxygens (including phenoxy) is 5. The molecule has 0 aliphatic carbocycles. The molecule has 0 heterocycles. The number of esters is 1. The highest BCUT2D eigenvalue weighted by atomic mass is 19.3. The van der Waals surface area contributed by atoms with Crippen molar-refractivity contribution < 1.29 is 42.2 Å². The second-order valence-corrected chi connectivity index (χ2v) is 4.62. The summed E-state index contributed by atoms with van der Waals surface area (Å²) in [6.45, 7) is -0.817. The van der Waals surface area contributed by atoms with Gasteiger partial charge in [-0.3, -0.25) is 10.1 Å². The maximum absolute atomic E-state index is 12.2. The molecule has 0 saturated carbocycles. The van der Waals surface area contributed by atoms with E-state index in [1.165, 1.54) is 0 Å². The molecule has 0 atom stereocenters. The van der Waals surface area contributed by atoms with Gasteiger partial charge in [-0.2, -0.15) is 8.78 Å². The average molecular weight is 379 g/mol. The summed E-state index contributed by atoms with van der Waals surface area (Å²) in [6.07, 6.45) is 0. The number of nitro benzene ring substituents is 1. The van der Waals surface area contributed by atoms with Crippen LogP contribution in [-0.4, -0.2) is 57.1 Å². The van der Waals surface area contributed by atoms with Gasteiger partial charge in [0.25, 0.3) is 5.69 Å². The van der Waals surface area contributed by atoms with E-state index in [1.807, 2.05) is 0 Å². The first kappa shape index (κ1) is 21.5. The molecule has 0 bridgehead atoms. The summed E-state index contributed by atoms with van der Waals surface area (Å²) in [4.78, 5) is 21.0. The van der Waals surface area contributed by atoms with Crippen LogP contribution in [0.5, 0.6) is 11.5 Å². The quantitative estimate of drug-likeness (QED) is 0.222. The van der Waals surface area contributed by atoms with Gasteiger partial charge < -0.3 is 23.7 Å². The van der Waals surface area contributed by atoms with Gasteiger partial charge in [0.15, 0.2) is 0 Å². The number of non-ortho nitro benzene ring substituents is 1. The Morgan fingerprint density at radius 1 is 1.12 bits per heavy atom. The molecule has 0 fully saturated rings. The molecule has 26 heavy (non-hydrogen) atoms. The standard InChI is InChI=1S/C15H19F2NO8/c1-2-24-14(19)10-23-4-3-22-5-6-25-12-7-11(18(20)21)8-13(9-12)26-15(16)17/h7-9,15H,2-6,10H2,1H3. The lowest BCUT2D eigenvalue weighted by Crippen LogP contribution is -2.16. The van der Waals surface area contributed by atoms with Crippen LogP contribution in [0.3, 0.4) is 0 Å². The molecule has 1 aromatic rings. The molecule has 0 amide bonds. The average Bonchev–Trinajstić information content (AvgIpc) is 2.56. The van der Waals surface area contributed by atoms with Gasteiger partial charge in [0.2, 0.25) is 0 Å². The molecule has 0 aliphatic heterocycles. The highest BCUT2D eigenvalue weighted by Gasteiger charge is 2.14. The highest BCUT2D eigenvalue weighted by molar-refractivity contribution is 5.70. The summed E-state index contributed by atoms with van der Waals surface area (Å²) in [7, 11) is 0. The Hall–Kier alpha value is -2.53. The van der Waals surface area contributed by atoms with Crippen molar-refractivity contribution in [1.82, 2.24) is 0 Å². The fourth-order valence-electron chi connectivity index (χ4n) is 1.71. The zero-order valence-electron chi connectivity index (χ0n) is 14.0. The van der Waals surface area contributed by atoms with E-state index in [-0.39, 0.29) is 51.1 Å². The molecule has 0 unspecified atom stereocenters. The minimum Gasteiger partial charge on any atom is -0.491 e. The van der Waals surface area contributed by atoms with Gasteiger partial charge in [0.05, 0.1) is 43.5 Å². The van der Waals surface area contributed by atoms with Crippen LogP contribution in [0.2, 0.25) is 0 Å². The number of carbonyl (C=O) groups is 1. The maximum Gasteiger partial charge on any atom is 0.387 e. The second kappa shape index (κ2) is 11.9. The third-order valence-electron chi connectivity index (χ3n) is 2.69. The van der Waals surface area contributed by atoms with Gasteiger partial charge >= 0.3 is 12.6 Å². The van der Waals surface area contributed by atoms with Crippen LogP contribution in [0.15, 0.2) is 18.2 Å². The Morgan fingerprint density at radius 2 is 1.77 bits per heavy atom. The van der Waals surface area contributed by atoms with Gasteiger partial charge in [-0.25, -0.2) is 4.79 Å². The Balaban J connectivity index is 2.30. The number of hydrogen-bond donors (Lipinski definition) is 0. The predicted octanol–water partition coefficient (Wildman–Crippen LogP) is 2.17. The maximum atomic E-state index is 12.2. The van der Waals surface area contributed by atoms with Crippen molar-refractivity contribution in [3.8, 4) is 11.5 Å². The van der Waals surface area contributed by atoms with Crippen molar-refractivity contribution in [1.29, 1.82) is 0 Å². The van der Waals surface area contributed by atoms with Crippen molar-refractivity contribution in [2.75, 3.05) is 39.6 Å². The minimum atomic E-state index is -3.11. The van der Waals surface area contributed by atoms with E-state index < -0.39 is 23.2 Å². The van der Waals surface area contributed by atoms with Crippen molar-refractivity contribution in [2.24, 2.45) is 0 Å². The zero-order chi connectivity index (χ0) is 19.4. The lowest BCUT2D eigenvalue weighted by atomic mass is 10.3. The van der Waals surface area contributed by atoms with Gasteiger partial charge in [-0.05, 0) is 6.92 Å². The van der Waals surface area contributed by atoms with Gasteiger partial charge in [0, 0.05) is 6.07 Å². The molecule has 0 spiro atoms. The van der Waals surface area contributed by atoms with E-state index in [9.17, 15) is 23.7 Å². The normalized spacial score (nSPS) is 10.6. The van der Waals surface area contributed by atoms with Crippen LogP contribution < -0.4 is 9.47 Å². The summed E-state index contributed by atoms with van der Waals surface area (Å²) in [6, 6.07) is 3.07. The highest BCUT2D eigenvalue weighted by Crippen LogP contribution is 2.28. The SMILES string of the molecule is CCOC(=O)COCCOCCOc1cc(OC(F)F)cc([N+](=O)[O-])c1. The first-order chi connectivity index (χ1) is 12.4. The fourth-order valence-corrected chi connectivity index (χ4v) is 1.71. The molecule has 1 aromatic carbocycles. The minimum absolute atomic E-state index is 0.00277. The number of nitrogens with zero attached hydrogens (tertiary/aromatic N) is 1. The predicted molar refractivity (Wildman–Crippen MR) is 83.5 cm³/mol. The molecule has 1 rings (SSSR count). The lowest BCUT2D eigenvalue weighted by Gasteiger charge is -2.10. The number of benzene rings is 1. The molecular formula is C15H19F2NO8. The number of alkyl halides is 2. The molecular weight excluding hydrogens is 360 g/mol. The van der Waals surface area contributed by atoms with Crippen LogP contribution >= 0.6 is 0 Å². The van der Waals surface area contributed by atoms with E-state index in [2.05, 4.69) is 9.47 Å². The molecule has 0 saturated heterocycles. The fraction of sp³-hybridized carbons (Fsp3) is 0.533. The van der Waals surface area contributed by atoms with Crippen molar-refractivity contribution in [3.63, 3.8) is 0 Å². The summed E-state index contributed by atoms with van der Waals surface area (Å²) in [5.41, 5.74) is -0.438. The Bertz CT molecular complexity index is 585. The Labute approximate surface area is 147 Å². The molecule has 9 nitrogen and oxygen atoms in total. The van der Waals surface area contributed by atoms with Gasteiger partial charge in [-0.15, -0.1) is 0 Å². The van der Waals surface area contributed by atoms with E-state index in [0.717, 1.165) is 18.2 Å². The third kappa shape index (κ3) is 9.08. The van der Waals surface area contributed by atoms with Crippen LogP contribution in [-0.2, 0) is 19.0 Å². The molecule has 0 aliphatic rings. The first-order valence-electron chi connectivity index (χ1n) is 7.60. The van der Waals surface area contributed by atoms with Crippen LogP contribution in [0.4, 0.5) is 14.5 Å². The summed E-state index contributed by atoms with van der Waals surface area (Å²) < 4.78 is 48.7. The van der Waals surface area contributed by atoms with E-state index >= 15 is 0 Å². The van der Waals surface area contributed by atoms with Gasteiger partial charge in [0.1, 0.15) is 24.7 Å². The van der Waals surface area contributed by atoms with Crippen molar-refractivity contribution in [3.05, 3.63) is 28.3 Å². The van der Waals surface area contributed by atoms with Crippen molar-refractivity contribution >= 4 is 11.7 Å². The third-order valence-corrected chi connectivity index (χ3v) is 2.69. The van der Waals surface area contributed by atoms with Crippen LogP contribution in [0.1, 0.15) is 6.92 Å². The number of nitro groups is 1.